The minimum absolute atomic E-state index is 0.499. The summed E-state index contributed by atoms with van der Waals surface area (Å²) in [4.78, 5) is 3.32. The van der Waals surface area contributed by atoms with E-state index in [9.17, 15) is 5.11 Å². The van der Waals surface area contributed by atoms with Crippen molar-refractivity contribution in [3.63, 3.8) is 0 Å². The fraction of sp³-hybridized carbons (Fsp3) is 0.474. The monoisotopic (exact) mass is 440 g/mol. The van der Waals surface area contributed by atoms with Gasteiger partial charge in [-0.25, -0.2) is 0 Å². The van der Waals surface area contributed by atoms with Crippen LogP contribution in [-0.2, 0) is 11.3 Å². The highest BCUT2D eigenvalue weighted by atomic mass is 79.9. The average molecular weight is 441 g/mol. The number of aliphatic hydroxyl groups is 1. The zero-order valence-corrected chi connectivity index (χ0v) is 17.1. The third kappa shape index (κ3) is 6.04. The van der Waals surface area contributed by atoms with Crippen molar-refractivity contribution >= 4 is 27.3 Å². The predicted molar refractivity (Wildman–Crippen MR) is 108 cm³/mol. The molecule has 2 aromatic rings. The normalized spacial score (nSPS) is 16.5. The molecule has 26 heavy (non-hydrogen) atoms. The Kier molecular flexibility index (Phi) is 7.91. The topological polar surface area (TPSA) is 54.0 Å². The number of ether oxygens (including phenoxy) is 2. The number of halogens is 1. The van der Waals surface area contributed by atoms with Crippen LogP contribution in [0.15, 0.2) is 40.2 Å². The molecular formula is C19H25BrN2O3S. The number of para-hydroxylation sites is 1. The van der Waals surface area contributed by atoms with Crippen molar-refractivity contribution in [2.24, 2.45) is 0 Å². The number of thiophene rings is 1. The third-order valence-corrected chi connectivity index (χ3v) is 6.11. The molecule has 7 heteroatoms. The molecule has 142 valence electrons. The minimum atomic E-state index is -0.499. The van der Waals surface area contributed by atoms with Gasteiger partial charge in [-0.1, -0.05) is 18.2 Å². The first-order chi connectivity index (χ1) is 12.7. The molecule has 0 bridgehead atoms. The molecule has 1 atom stereocenters. The van der Waals surface area contributed by atoms with E-state index in [1.165, 1.54) is 0 Å². The van der Waals surface area contributed by atoms with Gasteiger partial charge in [0.15, 0.2) is 0 Å². The molecular weight excluding hydrogens is 416 g/mol. The van der Waals surface area contributed by atoms with Crippen LogP contribution in [0.25, 0.3) is 0 Å². The zero-order chi connectivity index (χ0) is 18.2. The Labute approximate surface area is 167 Å². The SMILES string of the molecule is O[C@@H](CNCc1ccccc1OCCN1CCOCC1)c1cc(Br)cs1. The van der Waals surface area contributed by atoms with E-state index in [1.54, 1.807) is 11.3 Å². The van der Waals surface area contributed by atoms with Crippen LogP contribution >= 0.6 is 27.3 Å². The lowest BCUT2D eigenvalue weighted by atomic mass is 10.2. The number of nitrogens with zero attached hydrogens (tertiary/aromatic N) is 1. The number of rotatable bonds is 9. The summed E-state index contributed by atoms with van der Waals surface area (Å²) in [5.74, 6) is 0.904. The Hall–Kier alpha value is -0.960. The van der Waals surface area contributed by atoms with Crippen LogP contribution in [-0.4, -0.2) is 56.0 Å². The van der Waals surface area contributed by atoms with E-state index < -0.39 is 6.10 Å². The van der Waals surface area contributed by atoms with Crippen LogP contribution in [0.3, 0.4) is 0 Å². The molecule has 0 amide bonds. The summed E-state index contributed by atoms with van der Waals surface area (Å²) in [7, 11) is 0. The Balaban J connectivity index is 1.44. The average Bonchev–Trinajstić information content (AvgIpc) is 3.10. The maximum atomic E-state index is 10.2. The Bertz CT molecular complexity index is 676. The molecule has 0 saturated carbocycles. The molecule has 0 radical (unpaired) electrons. The molecule has 5 nitrogen and oxygen atoms in total. The van der Waals surface area contributed by atoms with Gasteiger partial charge in [0.25, 0.3) is 0 Å². The second kappa shape index (κ2) is 10.4. The number of hydrogen-bond acceptors (Lipinski definition) is 6. The number of hydrogen-bond donors (Lipinski definition) is 2. The van der Waals surface area contributed by atoms with Gasteiger partial charge in [0.1, 0.15) is 18.5 Å². The summed E-state index contributed by atoms with van der Waals surface area (Å²) < 4.78 is 12.4. The van der Waals surface area contributed by atoms with Crippen molar-refractivity contribution in [3.8, 4) is 5.75 Å². The third-order valence-electron chi connectivity index (χ3n) is 4.31. The predicted octanol–water partition coefficient (Wildman–Crippen LogP) is 3.04. The van der Waals surface area contributed by atoms with Gasteiger partial charge < -0.3 is 19.9 Å². The van der Waals surface area contributed by atoms with Crippen LogP contribution in [0, 0.1) is 0 Å². The van der Waals surface area contributed by atoms with E-state index in [-0.39, 0.29) is 0 Å². The standard InChI is InChI=1S/C19H25BrN2O3S/c20-16-11-19(26-14-16)17(23)13-21-12-15-3-1-2-4-18(15)25-10-7-22-5-8-24-9-6-22/h1-4,11,14,17,21,23H,5-10,12-13H2/t17-/m0/s1. The first kappa shape index (κ1) is 19.8. The number of nitrogens with one attached hydrogen (secondary N) is 1. The molecule has 0 spiro atoms. The summed E-state index contributed by atoms with van der Waals surface area (Å²) in [5.41, 5.74) is 1.11. The van der Waals surface area contributed by atoms with Gasteiger partial charge in [0.2, 0.25) is 0 Å². The smallest absolute Gasteiger partial charge is 0.123 e. The van der Waals surface area contributed by atoms with Gasteiger partial charge in [0, 0.05) is 53.0 Å². The van der Waals surface area contributed by atoms with Gasteiger partial charge in [0.05, 0.1) is 13.2 Å². The van der Waals surface area contributed by atoms with Gasteiger partial charge in [-0.15, -0.1) is 11.3 Å². The lowest BCUT2D eigenvalue weighted by Crippen LogP contribution is -2.38. The van der Waals surface area contributed by atoms with Gasteiger partial charge in [-0.3, -0.25) is 4.90 Å². The number of morpholine rings is 1. The fourth-order valence-corrected chi connectivity index (χ4v) is 4.28. The van der Waals surface area contributed by atoms with Crippen LogP contribution in [0.1, 0.15) is 16.5 Å². The summed E-state index contributed by atoms with van der Waals surface area (Å²) in [6, 6.07) is 10.0. The second-order valence-electron chi connectivity index (χ2n) is 6.22. The molecule has 2 heterocycles. The fourth-order valence-electron chi connectivity index (χ4n) is 2.85. The summed E-state index contributed by atoms with van der Waals surface area (Å²) in [6.45, 7) is 6.33. The highest BCUT2D eigenvalue weighted by Crippen LogP contribution is 2.25. The van der Waals surface area contributed by atoms with Crippen molar-refractivity contribution < 1.29 is 14.6 Å². The minimum Gasteiger partial charge on any atom is -0.492 e. The van der Waals surface area contributed by atoms with Gasteiger partial charge >= 0.3 is 0 Å². The molecule has 2 N–H and O–H groups in total. The molecule has 1 aliphatic rings. The summed E-state index contributed by atoms with van der Waals surface area (Å²) >= 11 is 4.98. The van der Waals surface area contributed by atoms with E-state index in [4.69, 9.17) is 9.47 Å². The van der Waals surface area contributed by atoms with Gasteiger partial charge in [-0.05, 0) is 28.1 Å². The largest absolute Gasteiger partial charge is 0.492 e. The highest BCUT2D eigenvalue weighted by molar-refractivity contribution is 9.10. The van der Waals surface area contributed by atoms with Crippen molar-refractivity contribution in [1.82, 2.24) is 10.2 Å². The number of aliphatic hydroxyl groups excluding tert-OH is 1. The van der Waals surface area contributed by atoms with E-state index in [0.29, 0.717) is 19.7 Å². The van der Waals surface area contributed by atoms with Crippen molar-refractivity contribution in [1.29, 1.82) is 0 Å². The Morgan fingerprint density at radius 1 is 1.31 bits per heavy atom. The number of benzene rings is 1. The molecule has 1 aliphatic heterocycles. The highest BCUT2D eigenvalue weighted by Gasteiger charge is 2.12. The van der Waals surface area contributed by atoms with E-state index >= 15 is 0 Å². The van der Waals surface area contributed by atoms with Crippen molar-refractivity contribution in [2.75, 3.05) is 46.0 Å². The molecule has 0 unspecified atom stereocenters. The van der Waals surface area contributed by atoms with Crippen LogP contribution < -0.4 is 10.1 Å². The Morgan fingerprint density at radius 2 is 2.12 bits per heavy atom. The molecule has 3 rings (SSSR count). The molecule has 1 aromatic carbocycles. The van der Waals surface area contributed by atoms with Crippen LogP contribution in [0.2, 0.25) is 0 Å². The quantitative estimate of drug-likeness (QED) is 0.627. The first-order valence-corrected chi connectivity index (χ1v) is 10.5. The van der Waals surface area contributed by atoms with E-state index in [2.05, 4.69) is 32.2 Å². The van der Waals surface area contributed by atoms with Gasteiger partial charge in [-0.2, -0.15) is 0 Å². The lowest BCUT2D eigenvalue weighted by molar-refractivity contribution is 0.0322. The van der Waals surface area contributed by atoms with Crippen molar-refractivity contribution in [2.45, 2.75) is 12.6 Å². The maximum absolute atomic E-state index is 10.2. The molecule has 1 aromatic heterocycles. The van der Waals surface area contributed by atoms with E-state index in [0.717, 1.165) is 53.5 Å². The molecule has 1 fully saturated rings. The molecule has 1 saturated heterocycles. The Morgan fingerprint density at radius 3 is 2.88 bits per heavy atom. The second-order valence-corrected chi connectivity index (χ2v) is 8.08. The first-order valence-electron chi connectivity index (χ1n) is 8.86. The zero-order valence-electron chi connectivity index (χ0n) is 14.7. The lowest BCUT2D eigenvalue weighted by Gasteiger charge is -2.26. The van der Waals surface area contributed by atoms with Crippen LogP contribution in [0.5, 0.6) is 5.75 Å². The summed E-state index contributed by atoms with van der Waals surface area (Å²) in [5, 5.41) is 15.6. The summed E-state index contributed by atoms with van der Waals surface area (Å²) in [6.07, 6.45) is -0.499. The maximum Gasteiger partial charge on any atom is 0.123 e. The molecule has 0 aliphatic carbocycles. The van der Waals surface area contributed by atoms with Crippen molar-refractivity contribution in [3.05, 3.63) is 50.6 Å². The van der Waals surface area contributed by atoms with E-state index in [1.807, 2.05) is 29.6 Å². The van der Waals surface area contributed by atoms with Crippen LogP contribution in [0.4, 0.5) is 0 Å².